The summed E-state index contributed by atoms with van der Waals surface area (Å²) >= 11 is 11.8. The predicted molar refractivity (Wildman–Crippen MR) is 100 cm³/mol. The van der Waals surface area contributed by atoms with Crippen LogP contribution < -0.4 is 5.32 Å². The minimum absolute atomic E-state index is 0.0280. The highest BCUT2D eigenvalue weighted by molar-refractivity contribution is 6.42. The Morgan fingerprint density at radius 2 is 1.96 bits per heavy atom. The zero-order chi connectivity index (χ0) is 19.7. The standard InChI is InChI=1S/C16H14Cl2N6O3/c1-9-15(24(26)27)10(2)23(20-9)8-22-6-5-14(21-22)16(25)19-11-3-4-12(17)13(18)7-11/h3-7H,8H2,1-2H3,(H,19,25). The molecule has 2 heterocycles. The molecule has 1 N–H and O–H groups in total. The first kappa shape index (κ1) is 18.9. The second-order valence-electron chi connectivity index (χ2n) is 5.74. The molecule has 0 bridgehead atoms. The van der Waals surface area contributed by atoms with Crippen LogP contribution in [0.25, 0.3) is 0 Å². The Balaban J connectivity index is 1.75. The average Bonchev–Trinajstić information content (AvgIpc) is 3.16. The molecule has 0 unspecified atom stereocenters. The van der Waals surface area contributed by atoms with Gasteiger partial charge >= 0.3 is 5.69 Å². The number of carbonyl (C=O) groups is 1. The number of hydrogen-bond donors (Lipinski definition) is 1. The molecule has 0 fully saturated rings. The van der Waals surface area contributed by atoms with E-state index in [9.17, 15) is 14.9 Å². The highest BCUT2D eigenvalue weighted by Crippen LogP contribution is 2.25. The van der Waals surface area contributed by atoms with Crippen LogP contribution in [-0.2, 0) is 6.67 Å². The Bertz CT molecular complexity index is 1040. The van der Waals surface area contributed by atoms with E-state index in [0.717, 1.165) is 0 Å². The molecule has 3 rings (SSSR count). The highest BCUT2D eigenvalue weighted by Gasteiger charge is 2.22. The fourth-order valence-corrected chi connectivity index (χ4v) is 2.86. The van der Waals surface area contributed by atoms with Gasteiger partial charge in [-0.2, -0.15) is 10.2 Å². The third-order valence-electron chi connectivity index (χ3n) is 3.86. The lowest BCUT2D eigenvalue weighted by Crippen LogP contribution is -2.15. The summed E-state index contributed by atoms with van der Waals surface area (Å²) in [4.78, 5) is 22.9. The number of carbonyl (C=O) groups excluding carboxylic acids is 1. The van der Waals surface area contributed by atoms with Gasteiger partial charge in [-0.25, -0.2) is 4.68 Å². The number of amides is 1. The number of nitrogens with one attached hydrogen (secondary N) is 1. The Morgan fingerprint density at radius 3 is 2.59 bits per heavy atom. The van der Waals surface area contributed by atoms with E-state index in [1.807, 2.05) is 0 Å². The number of hydrogen-bond acceptors (Lipinski definition) is 5. The van der Waals surface area contributed by atoms with Crippen molar-refractivity contribution in [2.75, 3.05) is 5.32 Å². The fraction of sp³-hybridized carbons (Fsp3) is 0.188. The van der Waals surface area contributed by atoms with E-state index in [0.29, 0.717) is 27.1 Å². The van der Waals surface area contributed by atoms with Crippen molar-refractivity contribution < 1.29 is 9.72 Å². The van der Waals surface area contributed by atoms with Crippen LogP contribution >= 0.6 is 23.2 Å². The SMILES string of the molecule is Cc1nn(Cn2ccc(C(=O)Nc3ccc(Cl)c(Cl)c3)n2)c(C)c1[N+](=O)[O-]. The van der Waals surface area contributed by atoms with E-state index >= 15 is 0 Å². The maximum Gasteiger partial charge on any atom is 0.312 e. The Hall–Kier alpha value is -2.91. The molecule has 0 saturated heterocycles. The first-order valence-electron chi connectivity index (χ1n) is 7.74. The topological polar surface area (TPSA) is 108 Å². The summed E-state index contributed by atoms with van der Waals surface area (Å²) in [5.74, 6) is -0.425. The van der Waals surface area contributed by atoms with Crippen molar-refractivity contribution in [2.45, 2.75) is 20.5 Å². The van der Waals surface area contributed by atoms with Crippen LogP contribution in [0.15, 0.2) is 30.5 Å². The normalized spacial score (nSPS) is 10.8. The number of anilines is 1. The molecular weight excluding hydrogens is 395 g/mol. The Labute approximate surface area is 163 Å². The van der Waals surface area contributed by atoms with Gasteiger partial charge in [0.25, 0.3) is 5.91 Å². The van der Waals surface area contributed by atoms with E-state index in [4.69, 9.17) is 23.2 Å². The van der Waals surface area contributed by atoms with Crippen LogP contribution in [0.5, 0.6) is 0 Å². The van der Waals surface area contributed by atoms with Gasteiger partial charge < -0.3 is 5.32 Å². The van der Waals surface area contributed by atoms with Crippen LogP contribution in [0.2, 0.25) is 10.0 Å². The van der Waals surface area contributed by atoms with Gasteiger partial charge in [-0.1, -0.05) is 23.2 Å². The molecule has 0 saturated carbocycles. The number of benzene rings is 1. The molecule has 0 aliphatic heterocycles. The molecule has 3 aromatic rings. The lowest BCUT2D eigenvalue weighted by molar-refractivity contribution is -0.386. The summed E-state index contributed by atoms with van der Waals surface area (Å²) in [7, 11) is 0. The Morgan fingerprint density at radius 1 is 1.22 bits per heavy atom. The first-order valence-corrected chi connectivity index (χ1v) is 8.50. The molecule has 2 aromatic heterocycles. The second-order valence-corrected chi connectivity index (χ2v) is 6.56. The molecule has 0 atom stereocenters. The molecule has 0 aliphatic carbocycles. The number of halogens is 2. The van der Waals surface area contributed by atoms with Crippen LogP contribution in [0.4, 0.5) is 11.4 Å². The van der Waals surface area contributed by atoms with E-state index in [-0.39, 0.29) is 18.1 Å². The summed E-state index contributed by atoms with van der Waals surface area (Å²) in [5, 5.41) is 22.8. The lowest BCUT2D eigenvalue weighted by atomic mass is 10.3. The average molecular weight is 409 g/mol. The van der Waals surface area contributed by atoms with Crippen molar-refractivity contribution in [3.63, 3.8) is 0 Å². The summed E-state index contributed by atoms with van der Waals surface area (Å²) in [6.45, 7) is 3.32. The van der Waals surface area contributed by atoms with Crippen molar-refractivity contribution in [2.24, 2.45) is 0 Å². The van der Waals surface area contributed by atoms with E-state index in [1.54, 1.807) is 32.2 Å². The van der Waals surface area contributed by atoms with Crippen molar-refractivity contribution >= 4 is 40.5 Å². The van der Waals surface area contributed by atoms with Gasteiger partial charge in [-0.15, -0.1) is 0 Å². The van der Waals surface area contributed by atoms with Gasteiger partial charge in [0.1, 0.15) is 18.1 Å². The van der Waals surface area contributed by atoms with Gasteiger partial charge in [0.05, 0.1) is 15.0 Å². The van der Waals surface area contributed by atoms with Gasteiger partial charge in [-0.3, -0.25) is 19.6 Å². The molecular formula is C16H14Cl2N6O3. The summed E-state index contributed by atoms with van der Waals surface area (Å²) in [5.41, 5.74) is 1.37. The fourth-order valence-electron chi connectivity index (χ4n) is 2.56. The largest absolute Gasteiger partial charge is 0.321 e. The predicted octanol–water partition coefficient (Wildman–Crippen LogP) is 3.67. The Kier molecular flexibility index (Phi) is 5.15. The van der Waals surface area contributed by atoms with Gasteiger partial charge in [0.2, 0.25) is 0 Å². The molecule has 0 radical (unpaired) electrons. The van der Waals surface area contributed by atoms with Crippen molar-refractivity contribution in [1.82, 2.24) is 19.6 Å². The molecule has 27 heavy (non-hydrogen) atoms. The van der Waals surface area contributed by atoms with Gasteiger partial charge in [-0.05, 0) is 38.1 Å². The van der Waals surface area contributed by atoms with Crippen molar-refractivity contribution in [1.29, 1.82) is 0 Å². The van der Waals surface area contributed by atoms with E-state index in [2.05, 4.69) is 15.5 Å². The highest BCUT2D eigenvalue weighted by atomic mass is 35.5. The van der Waals surface area contributed by atoms with E-state index < -0.39 is 10.8 Å². The van der Waals surface area contributed by atoms with Crippen LogP contribution in [0, 0.1) is 24.0 Å². The van der Waals surface area contributed by atoms with Crippen molar-refractivity contribution in [3.05, 3.63) is 67.7 Å². The molecule has 0 spiro atoms. The molecule has 11 heteroatoms. The van der Waals surface area contributed by atoms with Crippen molar-refractivity contribution in [3.8, 4) is 0 Å². The maximum absolute atomic E-state index is 12.3. The van der Waals surface area contributed by atoms with Gasteiger partial charge in [0, 0.05) is 11.9 Å². The number of nitrogens with zero attached hydrogens (tertiary/aromatic N) is 5. The minimum atomic E-state index is -0.465. The van der Waals surface area contributed by atoms with E-state index in [1.165, 1.54) is 21.5 Å². The summed E-state index contributed by atoms with van der Waals surface area (Å²) in [6, 6.07) is 6.27. The minimum Gasteiger partial charge on any atom is -0.321 e. The summed E-state index contributed by atoms with van der Waals surface area (Å²) < 4.78 is 2.92. The van der Waals surface area contributed by atoms with Crippen LogP contribution in [0.3, 0.4) is 0 Å². The maximum atomic E-state index is 12.3. The smallest absolute Gasteiger partial charge is 0.312 e. The van der Waals surface area contributed by atoms with Crippen LogP contribution in [0.1, 0.15) is 21.9 Å². The monoisotopic (exact) mass is 408 g/mol. The number of rotatable bonds is 5. The number of nitro groups is 1. The number of aromatic nitrogens is 4. The quantitative estimate of drug-likeness (QED) is 0.511. The zero-order valence-electron chi connectivity index (χ0n) is 14.3. The second kappa shape index (κ2) is 7.37. The zero-order valence-corrected chi connectivity index (χ0v) is 15.8. The number of aryl methyl sites for hydroxylation is 1. The molecule has 140 valence electrons. The van der Waals surface area contributed by atoms with Crippen LogP contribution in [-0.4, -0.2) is 30.4 Å². The molecule has 0 aliphatic rings. The molecule has 9 nitrogen and oxygen atoms in total. The summed E-state index contributed by atoms with van der Waals surface area (Å²) in [6.07, 6.45) is 1.59. The van der Waals surface area contributed by atoms with Gasteiger partial charge in [0.15, 0.2) is 5.69 Å². The molecule has 1 aromatic carbocycles. The lowest BCUT2D eigenvalue weighted by Gasteiger charge is -2.05. The third kappa shape index (κ3) is 3.93. The molecule has 1 amide bonds. The first-order chi connectivity index (χ1) is 12.8. The third-order valence-corrected chi connectivity index (χ3v) is 4.59.